The second-order valence-electron chi connectivity index (χ2n) is 4.50. The zero-order valence-electron chi connectivity index (χ0n) is 10.9. The Hall–Kier alpha value is -2.74. The molecule has 8 heteroatoms. The molecule has 1 N–H and O–H groups in total. The summed E-state index contributed by atoms with van der Waals surface area (Å²) in [5.74, 6) is 0.00556. The van der Waals surface area contributed by atoms with E-state index in [0.717, 1.165) is 10.7 Å². The number of amides is 1. The van der Waals surface area contributed by atoms with Gasteiger partial charge in [0.2, 0.25) is 4.96 Å². The lowest BCUT2D eigenvalue weighted by Gasteiger charge is -2.00. The van der Waals surface area contributed by atoms with E-state index in [1.165, 1.54) is 17.7 Å². The number of hydrogen-bond donors (Lipinski definition) is 1. The van der Waals surface area contributed by atoms with Gasteiger partial charge in [-0.05, 0) is 25.1 Å². The summed E-state index contributed by atoms with van der Waals surface area (Å²) < 4.78 is 6.84. The van der Waals surface area contributed by atoms with Crippen LogP contribution in [0.5, 0.6) is 0 Å². The van der Waals surface area contributed by atoms with E-state index in [4.69, 9.17) is 4.42 Å². The van der Waals surface area contributed by atoms with E-state index in [2.05, 4.69) is 20.4 Å². The van der Waals surface area contributed by atoms with Crippen molar-refractivity contribution in [3.05, 3.63) is 41.2 Å². The molecule has 0 bridgehead atoms. The number of nitrogens with zero attached hydrogens (tertiary/aromatic N) is 4. The smallest absolute Gasteiger partial charge is 0.258 e. The number of hydrogen-bond acceptors (Lipinski definition) is 6. The van der Waals surface area contributed by atoms with Gasteiger partial charge in [-0.3, -0.25) is 10.1 Å². The van der Waals surface area contributed by atoms with Crippen molar-refractivity contribution >= 4 is 39.3 Å². The van der Waals surface area contributed by atoms with Crippen LogP contribution >= 0.6 is 11.3 Å². The summed E-state index contributed by atoms with van der Waals surface area (Å²) in [6.07, 6.45) is 1.35. The Kier molecular flexibility index (Phi) is 2.51. The number of benzene rings is 1. The minimum Gasteiger partial charge on any atom is -0.443 e. The van der Waals surface area contributed by atoms with Gasteiger partial charge in [0.15, 0.2) is 12.0 Å². The van der Waals surface area contributed by atoms with Gasteiger partial charge in [-0.15, -0.1) is 16.4 Å². The van der Waals surface area contributed by atoms with E-state index in [1.807, 2.05) is 12.3 Å². The number of carbonyl (C=O) groups is 1. The standard InChI is InChI=1S/C13H9N5O2S/c1-7-5-21-13-16-12(17-18(7)13)15-11(19)8-2-3-10-9(4-8)14-6-20-10/h2-6H,1H3,(H,15,17,19). The van der Waals surface area contributed by atoms with Crippen LogP contribution in [-0.4, -0.2) is 25.5 Å². The van der Waals surface area contributed by atoms with Crippen molar-refractivity contribution in [3.63, 3.8) is 0 Å². The van der Waals surface area contributed by atoms with Gasteiger partial charge in [-0.1, -0.05) is 0 Å². The second kappa shape index (κ2) is 4.38. The lowest BCUT2D eigenvalue weighted by Crippen LogP contribution is -2.13. The minimum atomic E-state index is -0.282. The lowest BCUT2D eigenvalue weighted by atomic mass is 10.2. The highest BCUT2D eigenvalue weighted by molar-refractivity contribution is 7.15. The first kappa shape index (κ1) is 12.0. The molecule has 3 heterocycles. The van der Waals surface area contributed by atoms with Gasteiger partial charge < -0.3 is 4.42 Å². The summed E-state index contributed by atoms with van der Waals surface area (Å²) in [5.41, 5.74) is 2.73. The summed E-state index contributed by atoms with van der Waals surface area (Å²) in [5, 5.41) is 8.88. The van der Waals surface area contributed by atoms with Crippen LogP contribution in [0.1, 0.15) is 16.1 Å². The van der Waals surface area contributed by atoms with Crippen LogP contribution in [0.3, 0.4) is 0 Å². The predicted octanol–water partition coefficient (Wildman–Crippen LogP) is 2.49. The number of nitrogens with one attached hydrogen (secondary N) is 1. The maximum atomic E-state index is 12.2. The highest BCUT2D eigenvalue weighted by Gasteiger charge is 2.13. The van der Waals surface area contributed by atoms with Crippen molar-refractivity contribution in [1.82, 2.24) is 19.6 Å². The van der Waals surface area contributed by atoms with E-state index < -0.39 is 0 Å². The third-order valence-electron chi connectivity index (χ3n) is 3.06. The first-order chi connectivity index (χ1) is 10.2. The zero-order chi connectivity index (χ0) is 14.4. The van der Waals surface area contributed by atoms with Gasteiger partial charge in [0.05, 0.1) is 5.69 Å². The van der Waals surface area contributed by atoms with E-state index in [0.29, 0.717) is 16.7 Å². The fourth-order valence-electron chi connectivity index (χ4n) is 2.02. The fraction of sp³-hybridized carbons (Fsp3) is 0.0769. The van der Waals surface area contributed by atoms with Gasteiger partial charge in [0, 0.05) is 10.9 Å². The third-order valence-corrected chi connectivity index (χ3v) is 4.00. The van der Waals surface area contributed by atoms with E-state index in [1.54, 1.807) is 22.7 Å². The molecule has 0 atom stereocenters. The third kappa shape index (κ3) is 1.96. The molecular weight excluding hydrogens is 290 g/mol. The first-order valence-electron chi connectivity index (χ1n) is 6.16. The molecule has 21 heavy (non-hydrogen) atoms. The molecule has 4 aromatic rings. The zero-order valence-corrected chi connectivity index (χ0v) is 11.7. The topological polar surface area (TPSA) is 85.3 Å². The highest BCUT2D eigenvalue weighted by Crippen LogP contribution is 2.17. The lowest BCUT2D eigenvalue weighted by molar-refractivity contribution is 0.102. The predicted molar refractivity (Wildman–Crippen MR) is 77.6 cm³/mol. The molecule has 0 aliphatic heterocycles. The number of oxazole rings is 1. The van der Waals surface area contributed by atoms with Crippen LogP contribution in [0.2, 0.25) is 0 Å². The van der Waals surface area contributed by atoms with Gasteiger partial charge in [-0.2, -0.15) is 4.98 Å². The number of thiazole rings is 1. The van der Waals surface area contributed by atoms with Crippen LogP contribution in [0.4, 0.5) is 5.95 Å². The van der Waals surface area contributed by atoms with Crippen LogP contribution in [0.15, 0.2) is 34.4 Å². The minimum absolute atomic E-state index is 0.282. The summed E-state index contributed by atoms with van der Waals surface area (Å²) in [6.45, 7) is 1.93. The molecule has 0 saturated heterocycles. The molecule has 0 spiro atoms. The largest absolute Gasteiger partial charge is 0.443 e. The Labute approximate surface area is 122 Å². The average molecular weight is 299 g/mol. The number of aromatic nitrogens is 4. The average Bonchev–Trinajstić information content (AvgIpc) is 3.16. The summed E-state index contributed by atoms with van der Waals surface area (Å²) in [7, 11) is 0. The molecule has 0 radical (unpaired) electrons. The molecule has 3 aromatic heterocycles. The van der Waals surface area contributed by atoms with E-state index in [-0.39, 0.29) is 11.9 Å². The van der Waals surface area contributed by atoms with Crippen LogP contribution in [0, 0.1) is 6.92 Å². The molecule has 4 rings (SSSR count). The summed E-state index contributed by atoms with van der Waals surface area (Å²) >= 11 is 1.48. The Morgan fingerprint density at radius 3 is 3.19 bits per heavy atom. The summed E-state index contributed by atoms with van der Waals surface area (Å²) in [4.78, 5) is 21.2. The monoisotopic (exact) mass is 299 g/mol. The van der Waals surface area contributed by atoms with Crippen LogP contribution < -0.4 is 5.32 Å². The Balaban J connectivity index is 1.64. The van der Waals surface area contributed by atoms with Crippen molar-refractivity contribution in [3.8, 4) is 0 Å². The van der Waals surface area contributed by atoms with Gasteiger partial charge >= 0.3 is 0 Å². The Morgan fingerprint density at radius 2 is 2.33 bits per heavy atom. The van der Waals surface area contributed by atoms with Crippen LogP contribution in [-0.2, 0) is 0 Å². The molecule has 104 valence electrons. The number of carbonyl (C=O) groups excluding carboxylic acids is 1. The van der Waals surface area contributed by atoms with Crippen LogP contribution in [0.25, 0.3) is 16.1 Å². The summed E-state index contributed by atoms with van der Waals surface area (Å²) in [6, 6.07) is 5.05. The molecule has 0 saturated carbocycles. The Morgan fingerprint density at radius 1 is 1.43 bits per heavy atom. The molecule has 1 aromatic carbocycles. The molecule has 0 fully saturated rings. The van der Waals surface area contributed by atoms with Gasteiger partial charge in [0.25, 0.3) is 11.9 Å². The first-order valence-corrected chi connectivity index (χ1v) is 7.04. The fourth-order valence-corrected chi connectivity index (χ4v) is 2.82. The number of fused-ring (bicyclic) bond motifs is 2. The van der Waals surface area contributed by atoms with Gasteiger partial charge in [0.1, 0.15) is 5.52 Å². The van der Waals surface area contributed by atoms with Crippen molar-refractivity contribution < 1.29 is 9.21 Å². The Bertz CT molecular complexity index is 967. The molecule has 0 unspecified atom stereocenters. The van der Waals surface area contributed by atoms with E-state index in [9.17, 15) is 4.79 Å². The van der Waals surface area contributed by atoms with Gasteiger partial charge in [-0.25, -0.2) is 9.50 Å². The van der Waals surface area contributed by atoms with Crippen molar-refractivity contribution in [2.24, 2.45) is 0 Å². The SMILES string of the molecule is Cc1csc2nc(NC(=O)c3ccc4ocnc4c3)nn12. The quantitative estimate of drug-likeness (QED) is 0.614. The number of rotatable bonds is 2. The maximum absolute atomic E-state index is 12.2. The molecule has 7 nitrogen and oxygen atoms in total. The molecule has 0 aliphatic carbocycles. The second-order valence-corrected chi connectivity index (χ2v) is 5.33. The maximum Gasteiger partial charge on any atom is 0.258 e. The van der Waals surface area contributed by atoms with Crippen molar-refractivity contribution in [1.29, 1.82) is 0 Å². The number of aryl methyl sites for hydroxylation is 1. The van der Waals surface area contributed by atoms with Crippen molar-refractivity contribution in [2.45, 2.75) is 6.92 Å². The molecule has 0 aliphatic rings. The van der Waals surface area contributed by atoms with E-state index >= 15 is 0 Å². The molecule has 1 amide bonds. The normalized spacial score (nSPS) is 11.3. The highest BCUT2D eigenvalue weighted by atomic mass is 32.1. The molecular formula is C13H9N5O2S. The van der Waals surface area contributed by atoms with Crippen molar-refractivity contribution in [2.75, 3.05) is 5.32 Å². The number of anilines is 1.